The highest BCUT2D eigenvalue weighted by Gasteiger charge is 2.24. The van der Waals surface area contributed by atoms with Crippen molar-refractivity contribution in [3.8, 4) is 0 Å². The molecule has 2 unspecified atom stereocenters. The van der Waals surface area contributed by atoms with E-state index in [9.17, 15) is 4.39 Å². The Bertz CT molecular complexity index is 303. The molecule has 70 valence electrons. The van der Waals surface area contributed by atoms with Crippen LogP contribution in [0.1, 0.15) is 11.6 Å². The third-order valence-electron chi connectivity index (χ3n) is 2.23. The van der Waals surface area contributed by atoms with Crippen LogP contribution in [0.4, 0.5) is 4.39 Å². The minimum atomic E-state index is -0.224. The number of hydrazine groups is 1. The lowest BCUT2D eigenvalue weighted by molar-refractivity contribution is 0.544. The number of hydrogen-bond acceptors (Lipinski definition) is 3. The molecule has 2 atom stereocenters. The van der Waals surface area contributed by atoms with Gasteiger partial charge >= 0.3 is 0 Å². The maximum Gasteiger partial charge on any atom is 0.123 e. The second-order valence-corrected chi connectivity index (χ2v) is 3.22. The molecular formula is C9H12FN3. The summed E-state index contributed by atoms with van der Waals surface area (Å²) in [6.45, 7) is 0.710. The second-order valence-electron chi connectivity index (χ2n) is 3.22. The molecule has 4 heteroatoms. The van der Waals surface area contributed by atoms with Gasteiger partial charge in [-0.05, 0) is 17.7 Å². The average Bonchev–Trinajstić information content (AvgIpc) is 2.51. The predicted molar refractivity (Wildman–Crippen MR) is 48.3 cm³/mol. The van der Waals surface area contributed by atoms with E-state index in [1.807, 2.05) is 6.07 Å². The van der Waals surface area contributed by atoms with Gasteiger partial charge in [-0.1, -0.05) is 12.1 Å². The molecule has 1 aliphatic rings. The quantitative estimate of drug-likeness (QED) is 0.584. The minimum absolute atomic E-state index is 0.00167. The Hall–Kier alpha value is -0.970. The number of nitrogens with two attached hydrogens (primary N) is 1. The molecule has 0 aliphatic carbocycles. The summed E-state index contributed by atoms with van der Waals surface area (Å²) in [5.41, 5.74) is 12.7. The number of nitrogens with one attached hydrogen (secondary N) is 2. The Kier molecular flexibility index (Phi) is 2.26. The van der Waals surface area contributed by atoms with Crippen LogP contribution in [0.5, 0.6) is 0 Å². The topological polar surface area (TPSA) is 50.1 Å². The zero-order valence-electron chi connectivity index (χ0n) is 7.13. The third-order valence-corrected chi connectivity index (χ3v) is 2.23. The molecule has 0 aromatic heterocycles. The highest BCUT2D eigenvalue weighted by Crippen LogP contribution is 2.18. The van der Waals surface area contributed by atoms with E-state index >= 15 is 0 Å². The van der Waals surface area contributed by atoms with E-state index in [-0.39, 0.29) is 17.9 Å². The van der Waals surface area contributed by atoms with Gasteiger partial charge in [0.05, 0.1) is 6.04 Å². The average molecular weight is 181 g/mol. The van der Waals surface area contributed by atoms with E-state index in [1.165, 1.54) is 12.1 Å². The standard InChI is InChI=1S/C9H12FN3/c10-7-3-1-2-6(4-7)9-8(11)5-12-13-9/h1-4,8-9,12-13H,5,11H2. The van der Waals surface area contributed by atoms with Crippen LogP contribution in [0.25, 0.3) is 0 Å². The predicted octanol–water partition coefficient (Wildman–Crippen LogP) is 0.302. The molecular weight excluding hydrogens is 169 g/mol. The van der Waals surface area contributed by atoms with Crippen LogP contribution in [0.15, 0.2) is 24.3 Å². The summed E-state index contributed by atoms with van der Waals surface area (Å²) in [6, 6.07) is 6.50. The summed E-state index contributed by atoms with van der Waals surface area (Å²) in [5, 5.41) is 0. The van der Waals surface area contributed by atoms with Crippen LogP contribution < -0.4 is 16.6 Å². The molecule has 1 aromatic carbocycles. The maximum absolute atomic E-state index is 12.9. The van der Waals surface area contributed by atoms with Gasteiger partial charge in [-0.15, -0.1) is 0 Å². The number of rotatable bonds is 1. The van der Waals surface area contributed by atoms with Gasteiger partial charge in [0.2, 0.25) is 0 Å². The number of hydrogen-bond donors (Lipinski definition) is 3. The van der Waals surface area contributed by atoms with Gasteiger partial charge in [-0.25, -0.2) is 9.82 Å². The van der Waals surface area contributed by atoms with E-state index < -0.39 is 0 Å². The minimum Gasteiger partial charge on any atom is -0.325 e. The first kappa shape index (κ1) is 8.62. The van der Waals surface area contributed by atoms with Crippen molar-refractivity contribution >= 4 is 0 Å². The number of halogens is 1. The SMILES string of the molecule is NC1CNNC1c1cccc(F)c1. The first-order chi connectivity index (χ1) is 6.27. The molecule has 1 fully saturated rings. The summed E-state index contributed by atoms with van der Waals surface area (Å²) in [5.74, 6) is -0.224. The van der Waals surface area contributed by atoms with Gasteiger partial charge in [-0.2, -0.15) is 0 Å². The molecule has 4 N–H and O–H groups in total. The van der Waals surface area contributed by atoms with E-state index in [4.69, 9.17) is 5.73 Å². The number of benzene rings is 1. The Morgan fingerprint density at radius 2 is 2.31 bits per heavy atom. The molecule has 0 spiro atoms. The molecule has 1 aromatic rings. The molecule has 0 radical (unpaired) electrons. The van der Waals surface area contributed by atoms with Crippen molar-refractivity contribution in [2.24, 2.45) is 5.73 Å². The molecule has 1 heterocycles. The molecule has 0 amide bonds. The van der Waals surface area contributed by atoms with Gasteiger partial charge in [0.15, 0.2) is 0 Å². The summed E-state index contributed by atoms with van der Waals surface area (Å²) in [6.07, 6.45) is 0. The molecule has 1 saturated heterocycles. The van der Waals surface area contributed by atoms with Crippen molar-refractivity contribution in [1.29, 1.82) is 0 Å². The summed E-state index contributed by atoms with van der Waals surface area (Å²) in [7, 11) is 0. The van der Waals surface area contributed by atoms with E-state index in [1.54, 1.807) is 6.07 Å². The van der Waals surface area contributed by atoms with Crippen LogP contribution in [0, 0.1) is 5.82 Å². The van der Waals surface area contributed by atoms with Gasteiger partial charge in [-0.3, -0.25) is 5.43 Å². The summed E-state index contributed by atoms with van der Waals surface area (Å²) in [4.78, 5) is 0. The van der Waals surface area contributed by atoms with Crippen molar-refractivity contribution in [1.82, 2.24) is 10.9 Å². The van der Waals surface area contributed by atoms with Gasteiger partial charge in [0, 0.05) is 12.6 Å². The highest BCUT2D eigenvalue weighted by molar-refractivity contribution is 5.22. The fraction of sp³-hybridized carbons (Fsp3) is 0.333. The third kappa shape index (κ3) is 1.70. The Morgan fingerprint density at radius 3 is 2.92 bits per heavy atom. The van der Waals surface area contributed by atoms with Crippen molar-refractivity contribution in [2.75, 3.05) is 6.54 Å². The lowest BCUT2D eigenvalue weighted by atomic mass is 10.0. The zero-order valence-corrected chi connectivity index (χ0v) is 7.13. The van der Waals surface area contributed by atoms with Crippen LogP contribution in [-0.4, -0.2) is 12.6 Å². The van der Waals surface area contributed by atoms with E-state index in [2.05, 4.69) is 10.9 Å². The van der Waals surface area contributed by atoms with Crippen LogP contribution in [0.3, 0.4) is 0 Å². The smallest absolute Gasteiger partial charge is 0.123 e. The normalized spacial score (nSPS) is 27.8. The molecule has 3 nitrogen and oxygen atoms in total. The van der Waals surface area contributed by atoms with E-state index in [0.717, 1.165) is 5.56 Å². The molecule has 0 bridgehead atoms. The van der Waals surface area contributed by atoms with Crippen molar-refractivity contribution < 1.29 is 4.39 Å². The summed E-state index contributed by atoms with van der Waals surface area (Å²) >= 11 is 0. The first-order valence-corrected chi connectivity index (χ1v) is 4.27. The monoisotopic (exact) mass is 181 g/mol. The van der Waals surface area contributed by atoms with Crippen LogP contribution in [-0.2, 0) is 0 Å². The molecule has 13 heavy (non-hydrogen) atoms. The largest absolute Gasteiger partial charge is 0.325 e. The Labute approximate surface area is 76.1 Å². The molecule has 2 rings (SSSR count). The fourth-order valence-electron chi connectivity index (χ4n) is 1.54. The lowest BCUT2D eigenvalue weighted by Gasteiger charge is -2.14. The Balaban J connectivity index is 2.24. The molecule has 1 aliphatic heterocycles. The molecule has 0 saturated carbocycles. The highest BCUT2D eigenvalue weighted by atomic mass is 19.1. The maximum atomic E-state index is 12.9. The first-order valence-electron chi connectivity index (χ1n) is 4.27. The van der Waals surface area contributed by atoms with Crippen molar-refractivity contribution in [3.05, 3.63) is 35.6 Å². The van der Waals surface area contributed by atoms with Gasteiger partial charge in [0.25, 0.3) is 0 Å². The van der Waals surface area contributed by atoms with Crippen molar-refractivity contribution in [3.63, 3.8) is 0 Å². The van der Waals surface area contributed by atoms with E-state index in [0.29, 0.717) is 6.54 Å². The Morgan fingerprint density at radius 1 is 1.46 bits per heavy atom. The zero-order chi connectivity index (χ0) is 9.26. The van der Waals surface area contributed by atoms with Crippen LogP contribution >= 0.6 is 0 Å². The van der Waals surface area contributed by atoms with Crippen LogP contribution in [0.2, 0.25) is 0 Å². The van der Waals surface area contributed by atoms with Gasteiger partial charge < -0.3 is 5.73 Å². The lowest BCUT2D eigenvalue weighted by Crippen LogP contribution is -2.29. The fourth-order valence-corrected chi connectivity index (χ4v) is 1.54. The summed E-state index contributed by atoms with van der Waals surface area (Å²) < 4.78 is 12.9. The van der Waals surface area contributed by atoms with Crippen molar-refractivity contribution in [2.45, 2.75) is 12.1 Å². The van der Waals surface area contributed by atoms with Gasteiger partial charge in [0.1, 0.15) is 5.82 Å². The second kappa shape index (κ2) is 3.41.